The predicted molar refractivity (Wildman–Crippen MR) is 101 cm³/mol. The van der Waals surface area contributed by atoms with Gasteiger partial charge in [0, 0.05) is 31.9 Å². The molecule has 3 rings (SSSR count). The molecule has 0 saturated carbocycles. The molecular weight excluding hydrogens is 330 g/mol. The van der Waals surface area contributed by atoms with Crippen LogP contribution in [0.5, 0.6) is 0 Å². The monoisotopic (exact) mass is 353 g/mol. The molecule has 0 aliphatic carbocycles. The van der Waals surface area contributed by atoms with E-state index in [0.717, 1.165) is 48.6 Å². The van der Waals surface area contributed by atoms with Crippen molar-refractivity contribution in [3.8, 4) is 11.1 Å². The fourth-order valence-corrected chi connectivity index (χ4v) is 3.22. The normalized spacial score (nSPS) is 14.9. The number of likely N-dealkylation sites (N-methyl/N-ethyl adjacent to an activating group) is 1. The minimum atomic E-state index is -1.10. The number of anilines is 1. The second kappa shape index (κ2) is 7.58. The third-order valence-corrected chi connectivity index (χ3v) is 4.72. The Balaban J connectivity index is 2.04. The van der Waals surface area contributed by atoms with Crippen LogP contribution in [0, 0.1) is 6.92 Å². The molecule has 2 N–H and O–H groups in total. The highest BCUT2D eigenvalue weighted by Crippen LogP contribution is 2.31. The number of hydrogen-bond donors (Lipinski definition) is 1. The van der Waals surface area contributed by atoms with Gasteiger partial charge in [-0.1, -0.05) is 24.3 Å². The molecule has 2 aromatic carbocycles. The molecule has 1 fully saturated rings. The van der Waals surface area contributed by atoms with Crippen molar-refractivity contribution in [3.63, 3.8) is 0 Å². The zero-order chi connectivity index (χ0) is 18.7. The summed E-state index contributed by atoms with van der Waals surface area (Å²) in [6.45, 7) is 5.82. The van der Waals surface area contributed by atoms with E-state index in [9.17, 15) is 9.59 Å². The van der Waals surface area contributed by atoms with Crippen molar-refractivity contribution in [2.24, 2.45) is 5.73 Å². The topological polar surface area (TPSA) is 75.9 Å². The van der Waals surface area contributed by atoms with Crippen LogP contribution in [-0.2, 0) is 4.74 Å². The molecule has 0 aromatic heterocycles. The van der Waals surface area contributed by atoms with E-state index in [-0.39, 0.29) is 0 Å². The summed E-state index contributed by atoms with van der Waals surface area (Å²) >= 11 is 0. The molecule has 0 atom stereocenters. The molecular formula is C20H23N3O3. The summed E-state index contributed by atoms with van der Waals surface area (Å²) in [6.07, 6.45) is -1.10. The van der Waals surface area contributed by atoms with Crippen LogP contribution in [0.2, 0.25) is 0 Å². The molecule has 0 unspecified atom stereocenters. The summed E-state index contributed by atoms with van der Waals surface area (Å²) in [5.74, 6) is -0.735. The first-order chi connectivity index (χ1) is 12.5. The highest BCUT2D eigenvalue weighted by atomic mass is 16.6. The zero-order valence-electron chi connectivity index (χ0n) is 15.1. The van der Waals surface area contributed by atoms with Gasteiger partial charge in [0.2, 0.25) is 0 Å². The first-order valence-corrected chi connectivity index (χ1v) is 8.61. The van der Waals surface area contributed by atoms with Crippen molar-refractivity contribution in [1.29, 1.82) is 0 Å². The van der Waals surface area contributed by atoms with Gasteiger partial charge in [-0.25, -0.2) is 9.59 Å². The van der Waals surface area contributed by atoms with E-state index in [1.807, 2.05) is 43.3 Å². The van der Waals surface area contributed by atoms with Gasteiger partial charge in [0.05, 0.1) is 5.56 Å². The molecule has 0 bridgehead atoms. The number of amides is 1. The summed E-state index contributed by atoms with van der Waals surface area (Å²) in [7, 11) is 2.11. The Morgan fingerprint density at radius 1 is 1.00 bits per heavy atom. The first-order valence-electron chi connectivity index (χ1n) is 8.61. The van der Waals surface area contributed by atoms with E-state index < -0.39 is 12.1 Å². The molecule has 1 saturated heterocycles. The Labute approximate surface area is 153 Å². The van der Waals surface area contributed by atoms with Crippen molar-refractivity contribution in [2.75, 3.05) is 38.1 Å². The number of carbonyl (C=O) groups is 2. The van der Waals surface area contributed by atoms with E-state index in [1.54, 1.807) is 6.07 Å². The van der Waals surface area contributed by atoms with Crippen molar-refractivity contribution in [3.05, 3.63) is 53.6 Å². The number of nitrogens with zero attached hydrogens (tertiary/aromatic N) is 2. The molecule has 26 heavy (non-hydrogen) atoms. The van der Waals surface area contributed by atoms with Gasteiger partial charge in [-0.05, 0) is 48.9 Å². The molecule has 0 radical (unpaired) electrons. The first kappa shape index (κ1) is 17.9. The Bertz CT molecular complexity index is 827. The van der Waals surface area contributed by atoms with Crippen LogP contribution in [0.1, 0.15) is 15.9 Å². The molecule has 136 valence electrons. The number of rotatable bonds is 3. The molecule has 1 aliphatic rings. The largest absolute Gasteiger partial charge is 0.412 e. The van der Waals surface area contributed by atoms with E-state index in [2.05, 4.69) is 21.6 Å². The Hall–Kier alpha value is -2.86. The highest BCUT2D eigenvalue weighted by molar-refractivity contribution is 6.02. The van der Waals surface area contributed by atoms with Crippen molar-refractivity contribution in [1.82, 2.24) is 4.90 Å². The maximum atomic E-state index is 12.3. The minimum Gasteiger partial charge on any atom is -0.373 e. The lowest BCUT2D eigenvalue weighted by atomic mass is 9.95. The molecule has 6 heteroatoms. The molecule has 1 amide bonds. The molecule has 1 aliphatic heterocycles. The molecule has 1 heterocycles. The van der Waals surface area contributed by atoms with E-state index in [0.29, 0.717) is 5.56 Å². The maximum absolute atomic E-state index is 12.3. The molecule has 6 nitrogen and oxygen atoms in total. The third-order valence-electron chi connectivity index (χ3n) is 4.72. The lowest BCUT2D eigenvalue weighted by molar-refractivity contribution is 0.0639. The number of ether oxygens (including phenoxy) is 1. The van der Waals surface area contributed by atoms with Gasteiger partial charge >= 0.3 is 12.1 Å². The Morgan fingerprint density at radius 3 is 2.35 bits per heavy atom. The number of hydrogen-bond acceptors (Lipinski definition) is 5. The van der Waals surface area contributed by atoms with Crippen molar-refractivity contribution < 1.29 is 14.3 Å². The van der Waals surface area contributed by atoms with Crippen LogP contribution in [0.25, 0.3) is 11.1 Å². The van der Waals surface area contributed by atoms with Gasteiger partial charge in [-0.2, -0.15) is 0 Å². The number of nitrogens with two attached hydrogens (primary N) is 1. The fraction of sp³-hybridized carbons (Fsp3) is 0.300. The van der Waals surface area contributed by atoms with Gasteiger partial charge in [-0.3, -0.25) is 0 Å². The van der Waals surface area contributed by atoms with Crippen LogP contribution in [0.4, 0.5) is 10.5 Å². The van der Waals surface area contributed by atoms with Crippen LogP contribution in [0.15, 0.2) is 42.5 Å². The van der Waals surface area contributed by atoms with Gasteiger partial charge in [0.15, 0.2) is 0 Å². The second-order valence-electron chi connectivity index (χ2n) is 6.54. The van der Waals surface area contributed by atoms with Crippen LogP contribution in [-0.4, -0.2) is 50.2 Å². The van der Waals surface area contributed by atoms with E-state index >= 15 is 0 Å². The standard InChI is InChI=1S/C20H23N3O3/c1-14-5-3-4-6-16(14)18-13-15(23-11-9-22(2)10-12-23)7-8-17(18)19(24)26-20(21)25/h3-8,13H,9-12H2,1-2H3,(H2,21,25). The average molecular weight is 353 g/mol. The third kappa shape index (κ3) is 3.86. The van der Waals surface area contributed by atoms with E-state index in [1.165, 1.54) is 0 Å². The van der Waals surface area contributed by atoms with Gasteiger partial charge in [0.25, 0.3) is 0 Å². The summed E-state index contributed by atoms with van der Waals surface area (Å²) in [5.41, 5.74) is 9.10. The lowest BCUT2D eigenvalue weighted by Crippen LogP contribution is -2.44. The Kier molecular flexibility index (Phi) is 5.23. The highest BCUT2D eigenvalue weighted by Gasteiger charge is 2.21. The second-order valence-corrected chi connectivity index (χ2v) is 6.54. The van der Waals surface area contributed by atoms with Crippen molar-refractivity contribution in [2.45, 2.75) is 6.92 Å². The molecule has 2 aromatic rings. The smallest absolute Gasteiger partial charge is 0.373 e. The summed E-state index contributed by atoms with van der Waals surface area (Å²) in [6, 6.07) is 13.4. The van der Waals surface area contributed by atoms with Gasteiger partial charge in [0.1, 0.15) is 0 Å². The number of carbonyl (C=O) groups excluding carboxylic acids is 2. The van der Waals surface area contributed by atoms with Crippen LogP contribution in [0.3, 0.4) is 0 Å². The number of piperazine rings is 1. The quantitative estimate of drug-likeness (QED) is 0.678. The van der Waals surface area contributed by atoms with Gasteiger partial charge < -0.3 is 20.3 Å². The van der Waals surface area contributed by atoms with Crippen LogP contribution >= 0.6 is 0 Å². The molecule has 0 spiro atoms. The number of primary amides is 1. The summed E-state index contributed by atoms with van der Waals surface area (Å²) in [5, 5.41) is 0. The number of esters is 1. The fourth-order valence-electron chi connectivity index (χ4n) is 3.22. The predicted octanol–water partition coefficient (Wildman–Crippen LogP) is 2.65. The van der Waals surface area contributed by atoms with Crippen molar-refractivity contribution >= 4 is 17.7 Å². The Morgan fingerprint density at radius 2 is 1.69 bits per heavy atom. The number of benzene rings is 2. The van der Waals surface area contributed by atoms with E-state index in [4.69, 9.17) is 5.73 Å². The summed E-state index contributed by atoms with van der Waals surface area (Å²) < 4.78 is 4.62. The average Bonchev–Trinajstić information content (AvgIpc) is 2.62. The SMILES string of the molecule is Cc1ccccc1-c1cc(N2CCN(C)CC2)ccc1C(=O)OC(N)=O. The number of aryl methyl sites for hydroxylation is 1. The minimum absolute atomic E-state index is 0.330. The van der Waals surface area contributed by atoms with Crippen LogP contribution < -0.4 is 10.6 Å². The maximum Gasteiger partial charge on any atom is 0.412 e. The summed E-state index contributed by atoms with van der Waals surface area (Å²) in [4.78, 5) is 27.9. The lowest BCUT2D eigenvalue weighted by Gasteiger charge is -2.34. The zero-order valence-corrected chi connectivity index (χ0v) is 15.1. The van der Waals surface area contributed by atoms with Gasteiger partial charge in [-0.15, -0.1) is 0 Å².